The highest BCUT2D eigenvalue weighted by Gasteiger charge is 2.43. The first kappa shape index (κ1) is 29.6. The van der Waals surface area contributed by atoms with Crippen molar-refractivity contribution in [3.8, 4) is 5.75 Å². The van der Waals surface area contributed by atoms with Crippen LogP contribution < -0.4 is 15.3 Å². The first-order chi connectivity index (χ1) is 20.1. The number of esters is 1. The Morgan fingerprint density at radius 2 is 1.83 bits per heavy atom. The lowest BCUT2D eigenvalue weighted by atomic mass is 10.1. The van der Waals surface area contributed by atoms with Crippen molar-refractivity contribution < 1.29 is 33.0 Å². The van der Waals surface area contributed by atoms with Gasteiger partial charge in [-0.25, -0.2) is 14.3 Å². The van der Waals surface area contributed by atoms with Crippen LogP contribution in [0.25, 0.3) is 10.8 Å². The van der Waals surface area contributed by atoms with Gasteiger partial charge < -0.3 is 19.1 Å². The Morgan fingerprint density at radius 3 is 2.62 bits per heavy atom. The summed E-state index contributed by atoms with van der Waals surface area (Å²) in [5.74, 6) is -0.407. The second kappa shape index (κ2) is 12.6. The average Bonchev–Trinajstić information content (AvgIpc) is 3.35. The van der Waals surface area contributed by atoms with E-state index in [0.29, 0.717) is 5.39 Å². The lowest BCUT2D eigenvalue weighted by Crippen LogP contribution is -2.47. The second-order valence-corrected chi connectivity index (χ2v) is 12.1. The van der Waals surface area contributed by atoms with E-state index in [1.54, 1.807) is 18.2 Å². The summed E-state index contributed by atoms with van der Waals surface area (Å²) in [4.78, 5) is 29.0. The van der Waals surface area contributed by atoms with E-state index >= 15 is 0 Å². The molecule has 42 heavy (non-hydrogen) atoms. The minimum Gasteiger partial charge on any atom is -0.459 e. The maximum Gasteiger partial charge on any atom is 0.459 e. The topological polar surface area (TPSA) is 138 Å². The van der Waals surface area contributed by atoms with E-state index in [9.17, 15) is 19.3 Å². The van der Waals surface area contributed by atoms with Gasteiger partial charge in [0.2, 0.25) is 0 Å². The van der Waals surface area contributed by atoms with Crippen molar-refractivity contribution in [1.29, 1.82) is 0 Å². The molecule has 2 N–H and O–H groups in total. The van der Waals surface area contributed by atoms with E-state index in [-0.39, 0.29) is 25.4 Å². The molecule has 1 fully saturated rings. The Morgan fingerprint density at radius 1 is 1.10 bits per heavy atom. The zero-order valence-corrected chi connectivity index (χ0v) is 24.1. The molecule has 0 saturated carbocycles. The third-order valence-electron chi connectivity index (χ3n) is 6.77. The highest BCUT2D eigenvalue weighted by molar-refractivity contribution is 7.52. The van der Waals surface area contributed by atoms with Crippen LogP contribution in [0.5, 0.6) is 5.75 Å². The van der Waals surface area contributed by atoms with Gasteiger partial charge in [-0.15, -0.1) is 0 Å². The lowest BCUT2D eigenvalue weighted by molar-refractivity contribution is -0.151. The molecule has 0 spiro atoms. The predicted molar refractivity (Wildman–Crippen MR) is 155 cm³/mol. The summed E-state index contributed by atoms with van der Waals surface area (Å²) in [6.45, 7) is 2.68. The number of carbonyl (C=O) groups excluding carboxylic acids is 1. The fourth-order valence-corrected chi connectivity index (χ4v) is 6.27. The number of ether oxygens (including phenoxy) is 2. The van der Waals surface area contributed by atoms with Crippen LogP contribution in [0.3, 0.4) is 0 Å². The van der Waals surface area contributed by atoms with Crippen LogP contribution in [-0.4, -0.2) is 45.0 Å². The number of aromatic nitrogens is 2. The standard InChI is InChI=1S/C30H32N3O8P/c1-30(2,28(35)38-19-21-10-4-3-5-11-21)32-42(37,41-25-15-8-13-22-12-6-7-14-23(22)25)39-20-26-24(34)18-27(40-26)33-17-9-16-31-29(33)36/h3-17,24,26-27,34H,18-20H2,1-2H3,(H,32,37)/t24-,26+,27+,42?/m0/s1. The van der Waals surface area contributed by atoms with Crippen LogP contribution in [-0.2, 0) is 30.0 Å². The fraction of sp³-hybridized carbons (Fsp3) is 0.300. The molecule has 0 amide bonds. The number of benzene rings is 3. The molecule has 4 aromatic rings. The molecule has 12 heteroatoms. The number of hydrogen-bond donors (Lipinski definition) is 2. The number of rotatable bonds is 11. The van der Waals surface area contributed by atoms with Gasteiger partial charge in [0, 0.05) is 24.2 Å². The highest BCUT2D eigenvalue weighted by Crippen LogP contribution is 2.48. The van der Waals surface area contributed by atoms with Gasteiger partial charge in [0.1, 0.15) is 30.2 Å². The molecule has 4 atom stereocenters. The number of fused-ring (bicyclic) bond motifs is 1. The number of nitrogens with zero attached hydrogens (tertiary/aromatic N) is 2. The summed E-state index contributed by atoms with van der Waals surface area (Å²) in [6.07, 6.45) is 0.210. The van der Waals surface area contributed by atoms with Gasteiger partial charge in [-0.3, -0.25) is 13.9 Å². The van der Waals surface area contributed by atoms with Crippen molar-refractivity contribution in [2.24, 2.45) is 0 Å². The van der Waals surface area contributed by atoms with Crippen LogP contribution in [0.2, 0.25) is 0 Å². The SMILES string of the molecule is CC(C)(NP(=O)(OC[C@H]1O[C@@H](n2cccnc2=O)C[C@@H]1O)Oc1cccc2ccccc12)C(=O)OCc1ccccc1. The van der Waals surface area contributed by atoms with Crippen molar-refractivity contribution in [3.05, 3.63) is 107 Å². The smallest absolute Gasteiger partial charge is 0.459 e. The van der Waals surface area contributed by atoms with Crippen LogP contribution >= 0.6 is 7.75 Å². The summed E-state index contributed by atoms with van der Waals surface area (Å²) in [6, 6.07) is 23.4. The molecule has 0 aliphatic carbocycles. The van der Waals surface area contributed by atoms with Crippen molar-refractivity contribution in [2.45, 2.75) is 50.8 Å². The van der Waals surface area contributed by atoms with E-state index in [4.69, 9.17) is 18.5 Å². The number of hydrogen-bond acceptors (Lipinski definition) is 9. The zero-order valence-electron chi connectivity index (χ0n) is 23.2. The number of carbonyl (C=O) groups is 1. The Labute approximate surface area is 242 Å². The molecule has 5 rings (SSSR count). The third-order valence-corrected chi connectivity index (χ3v) is 8.53. The molecule has 3 aromatic carbocycles. The molecule has 2 heterocycles. The van der Waals surface area contributed by atoms with Gasteiger partial charge in [-0.05, 0) is 36.9 Å². The van der Waals surface area contributed by atoms with Gasteiger partial charge in [0.05, 0.1) is 12.7 Å². The van der Waals surface area contributed by atoms with Crippen molar-refractivity contribution in [2.75, 3.05) is 6.61 Å². The Kier molecular flexibility index (Phi) is 8.86. The lowest BCUT2D eigenvalue weighted by Gasteiger charge is -2.30. The summed E-state index contributed by atoms with van der Waals surface area (Å²) < 4.78 is 38.8. The largest absolute Gasteiger partial charge is 0.459 e. The van der Waals surface area contributed by atoms with Gasteiger partial charge in [-0.1, -0.05) is 66.7 Å². The van der Waals surface area contributed by atoms with Gasteiger partial charge in [0.25, 0.3) is 0 Å². The number of aliphatic hydroxyl groups excluding tert-OH is 1. The number of aliphatic hydroxyl groups is 1. The molecule has 1 saturated heterocycles. The predicted octanol–water partition coefficient (Wildman–Crippen LogP) is 4.36. The molecule has 11 nitrogen and oxygen atoms in total. The molecule has 0 bridgehead atoms. The van der Waals surface area contributed by atoms with Gasteiger partial charge in [0.15, 0.2) is 0 Å². The van der Waals surface area contributed by atoms with E-state index in [2.05, 4.69) is 10.1 Å². The first-order valence-electron chi connectivity index (χ1n) is 13.4. The van der Waals surface area contributed by atoms with Crippen LogP contribution in [0.4, 0.5) is 0 Å². The summed E-state index contributed by atoms with van der Waals surface area (Å²) >= 11 is 0. The minimum absolute atomic E-state index is 0.0251. The molecular formula is C30H32N3O8P. The average molecular weight is 594 g/mol. The van der Waals surface area contributed by atoms with Gasteiger partial charge >= 0.3 is 19.4 Å². The third kappa shape index (κ3) is 6.95. The summed E-state index contributed by atoms with van der Waals surface area (Å²) in [7, 11) is -4.32. The van der Waals surface area contributed by atoms with E-state index in [0.717, 1.165) is 10.9 Å². The van der Waals surface area contributed by atoms with Crippen LogP contribution in [0.15, 0.2) is 96.1 Å². The summed E-state index contributed by atoms with van der Waals surface area (Å²) in [5, 5.41) is 14.9. The molecule has 1 aliphatic rings. The molecule has 1 aliphatic heterocycles. The molecule has 1 aromatic heterocycles. The normalized spacial score (nSPS) is 20.2. The van der Waals surface area contributed by atoms with Crippen LogP contribution in [0.1, 0.15) is 32.1 Å². The molecule has 1 unspecified atom stereocenters. The first-order valence-corrected chi connectivity index (χ1v) is 15.0. The molecule has 220 valence electrons. The Hall–Kier alpha value is -3.86. The molecular weight excluding hydrogens is 561 g/mol. The monoisotopic (exact) mass is 593 g/mol. The van der Waals surface area contributed by atoms with Gasteiger partial charge in [-0.2, -0.15) is 5.09 Å². The zero-order chi connectivity index (χ0) is 29.7. The van der Waals surface area contributed by atoms with Crippen molar-refractivity contribution in [1.82, 2.24) is 14.6 Å². The van der Waals surface area contributed by atoms with E-state index < -0.39 is 43.4 Å². The van der Waals surface area contributed by atoms with Crippen LogP contribution in [0, 0.1) is 0 Å². The number of nitrogens with one attached hydrogen (secondary N) is 1. The van der Waals surface area contributed by atoms with E-state index in [1.807, 2.05) is 60.7 Å². The highest BCUT2D eigenvalue weighted by atomic mass is 31.2. The molecule has 0 radical (unpaired) electrons. The van der Waals surface area contributed by atoms with E-state index in [1.165, 1.54) is 30.8 Å². The Bertz CT molecular complexity index is 1640. The Balaban J connectivity index is 1.35. The quantitative estimate of drug-likeness (QED) is 0.191. The second-order valence-electron chi connectivity index (χ2n) is 10.4. The maximum absolute atomic E-state index is 14.3. The fourth-order valence-electron chi connectivity index (χ4n) is 4.57. The maximum atomic E-state index is 14.3. The van der Waals surface area contributed by atoms with Crippen molar-refractivity contribution >= 4 is 24.5 Å². The minimum atomic E-state index is -4.32. The summed E-state index contributed by atoms with van der Waals surface area (Å²) in [5.41, 5.74) is -1.24. The van der Waals surface area contributed by atoms with Crippen molar-refractivity contribution in [3.63, 3.8) is 0 Å².